The quantitative estimate of drug-likeness (QED) is 0.190. The number of hydrogen-bond donors (Lipinski definition) is 5. The minimum absolute atomic E-state index is 0.167. The number of carbonyl (C=O) groups excluding carboxylic acids is 4. The van der Waals surface area contributed by atoms with Crippen LogP contribution in [0.2, 0.25) is 5.02 Å². The van der Waals surface area contributed by atoms with Crippen molar-refractivity contribution in [1.82, 2.24) is 15.1 Å². The Morgan fingerprint density at radius 1 is 1.02 bits per heavy atom. The highest BCUT2D eigenvalue weighted by Crippen LogP contribution is 2.16. The zero-order valence-electron chi connectivity index (χ0n) is 28.3. The first kappa shape index (κ1) is 47.7. The van der Waals surface area contributed by atoms with E-state index in [9.17, 15) is 19.2 Å². The molecule has 1 rings (SSSR count). The van der Waals surface area contributed by atoms with Crippen molar-refractivity contribution >= 4 is 41.7 Å². The minimum Gasteiger partial charge on any atom is -0.481 e. The van der Waals surface area contributed by atoms with Crippen molar-refractivity contribution in [1.29, 1.82) is 0 Å². The number of nitrogens with one attached hydrogen (secondary N) is 1. The highest BCUT2D eigenvalue weighted by molar-refractivity contribution is 6.30. The van der Waals surface area contributed by atoms with Gasteiger partial charge in [0.25, 0.3) is 0 Å². The van der Waals surface area contributed by atoms with Crippen LogP contribution in [0.3, 0.4) is 0 Å². The van der Waals surface area contributed by atoms with E-state index in [0.29, 0.717) is 23.8 Å². The summed E-state index contributed by atoms with van der Waals surface area (Å²) in [5.41, 5.74) is 10.2. The lowest BCUT2D eigenvalue weighted by Gasteiger charge is -2.33. The molecule has 4 amide bonds. The summed E-state index contributed by atoms with van der Waals surface area (Å²) in [6, 6.07) is 5.98. The van der Waals surface area contributed by atoms with Crippen LogP contribution in [0.5, 0.6) is 0 Å². The summed E-state index contributed by atoms with van der Waals surface area (Å²) in [5, 5.41) is 19.1. The number of halogens is 1. The van der Waals surface area contributed by atoms with Crippen LogP contribution in [-0.2, 0) is 30.4 Å². The maximum absolute atomic E-state index is 12.9. The Morgan fingerprint density at radius 3 is 1.86 bits per heavy atom. The lowest BCUT2D eigenvalue weighted by Crippen LogP contribution is -2.54. The Hall–Kier alpha value is -3.22. The van der Waals surface area contributed by atoms with Crippen LogP contribution in [0, 0.1) is 11.8 Å². The monoisotopic (exact) mass is 647 g/mol. The molecule has 0 radical (unpaired) electrons. The van der Waals surface area contributed by atoms with Gasteiger partial charge in [0.2, 0.25) is 24.1 Å². The molecule has 0 heterocycles. The van der Waals surface area contributed by atoms with Gasteiger partial charge in [-0.1, -0.05) is 78.1 Å². The number of rotatable bonds is 14. The number of amides is 4. The molecule has 0 bridgehead atoms. The number of carboxylic acids is 1. The highest BCUT2D eigenvalue weighted by atomic mass is 35.5. The molecule has 0 aliphatic rings. The van der Waals surface area contributed by atoms with Gasteiger partial charge in [-0.15, -0.1) is 0 Å². The molecule has 0 aromatic heterocycles. The molecule has 0 aliphatic heterocycles. The van der Waals surface area contributed by atoms with Gasteiger partial charge >= 0.3 is 5.97 Å². The van der Waals surface area contributed by atoms with Crippen molar-refractivity contribution in [2.75, 3.05) is 34.8 Å². The van der Waals surface area contributed by atoms with E-state index in [1.165, 1.54) is 16.8 Å². The third-order valence-electron chi connectivity index (χ3n) is 6.31. The highest BCUT2D eigenvalue weighted by Gasteiger charge is 2.32. The Balaban J connectivity index is -0.000000390. The van der Waals surface area contributed by atoms with Crippen LogP contribution in [0.4, 0.5) is 0 Å². The molecule has 44 heavy (non-hydrogen) atoms. The standard InChI is InChI=1S/C19H29ClN4O3.C8H16O2.C2H6.CH3NO.CH4O/c1-5-6-15(22-2)18(26)24(4)16(19(27)23(3)12-17(21)25)11-13-7-9-14(20)10-8-13;1-4-6(2)5-7(3)8(9)10;1-2;2-1-3;1-2/h7-10,15-16,22H,5-6,11-12H2,1-4H3,(H2,21,25);6-7H,4-5H2,1-3H3,(H,9,10);1-2H3;1H,(H2,2,3);2H,1H3/t15?,16-;6-,7+;;;/m11.../s1. The lowest BCUT2D eigenvalue weighted by atomic mass is 9.96. The van der Waals surface area contributed by atoms with E-state index in [-0.39, 0.29) is 36.7 Å². The van der Waals surface area contributed by atoms with E-state index in [1.54, 1.807) is 33.2 Å². The Bertz CT molecular complexity index is 919. The maximum Gasteiger partial charge on any atom is 0.306 e. The molecular weight excluding hydrogens is 590 g/mol. The van der Waals surface area contributed by atoms with Crippen molar-refractivity contribution in [2.24, 2.45) is 23.3 Å². The molecule has 1 aromatic carbocycles. The summed E-state index contributed by atoms with van der Waals surface area (Å²) in [6.07, 6.45) is 3.93. The SMILES string of the molecule is CC.CCCC(NC)C(=O)N(C)[C@H](Cc1ccc(Cl)cc1)C(=O)N(C)CC(N)=O.CC[C@@H](C)C[C@H](C)C(=O)O.CO.NC=O. The first-order chi connectivity index (χ1) is 20.7. The number of nitrogens with zero attached hydrogens (tertiary/aromatic N) is 2. The van der Waals surface area contributed by atoms with Gasteiger partial charge in [0.1, 0.15) is 6.04 Å². The van der Waals surface area contributed by atoms with Gasteiger partial charge < -0.3 is 36.8 Å². The first-order valence-corrected chi connectivity index (χ1v) is 15.1. The molecule has 1 unspecified atom stereocenters. The molecule has 0 saturated carbocycles. The van der Waals surface area contributed by atoms with Crippen molar-refractivity contribution in [2.45, 2.75) is 85.7 Å². The number of aliphatic hydroxyl groups is 1. The van der Waals surface area contributed by atoms with E-state index in [1.807, 2.05) is 32.9 Å². The second-order valence-corrected chi connectivity index (χ2v) is 10.1. The van der Waals surface area contributed by atoms with E-state index < -0.39 is 17.9 Å². The molecule has 1 aromatic rings. The van der Waals surface area contributed by atoms with Crippen molar-refractivity contribution < 1.29 is 34.2 Å². The predicted molar refractivity (Wildman–Crippen MR) is 177 cm³/mol. The van der Waals surface area contributed by atoms with Crippen LogP contribution in [0.1, 0.15) is 72.8 Å². The third kappa shape index (κ3) is 22.3. The van der Waals surface area contributed by atoms with Crippen LogP contribution < -0.4 is 16.8 Å². The Morgan fingerprint density at radius 2 is 1.50 bits per heavy atom. The molecule has 0 fully saturated rings. The number of likely N-dealkylation sites (N-methyl/N-ethyl adjacent to an activating group) is 3. The lowest BCUT2D eigenvalue weighted by molar-refractivity contribution is -0.145. The largest absolute Gasteiger partial charge is 0.481 e. The van der Waals surface area contributed by atoms with E-state index in [0.717, 1.165) is 31.9 Å². The van der Waals surface area contributed by atoms with Gasteiger partial charge in [0.15, 0.2) is 0 Å². The normalized spacial score (nSPS) is 12.2. The predicted octanol–water partition coefficient (Wildman–Crippen LogP) is 2.92. The van der Waals surface area contributed by atoms with Gasteiger partial charge in [-0.05, 0) is 43.5 Å². The average Bonchev–Trinajstić information content (AvgIpc) is 3.00. The van der Waals surface area contributed by atoms with Gasteiger partial charge in [-0.2, -0.15) is 0 Å². The molecule has 4 atom stereocenters. The van der Waals surface area contributed by atoms with Gasteiger partial charge in [-0.3, -0.25) is 24.0 Å². The smallest absolute Gasteiger partial charge is 0.306 e. The summed E-state index contributed by atoms with van der Waals surface area (Å²) >= 11 is 5.93. The van der Waals surface area contributed by atoms with Gasteiger partial charge in [0.05, 0.1) is 18.5 Å². The molecule has 0 spiro atoms. The van der Waals surface area contributed by atoms with Crippen LogP contribution in [0.15, 0.2) is 24.3 Å². The van der Waals surface area contributed by atoms with E-state index in [2.05, 4.69) is 24.9 Å². The average molecular weight is 648 g/mol. The zero-order chi connectivity index (χ0) is 35.4. The van der Waals surface area contributed by atoms with Crippen LogP contribution >= 0.6 is 11.6 Å². The number of benzene rings is 1. The van der Waals surface area contributed by atoms with Crippen molar-refractivity contribution in [3.05, 3.63) is 34.9 Å². The van der Waals surface area contributed by atoms with Crippen molar-refractivity contribution in [3.63, 3.8) is 0 Å². The Labute approximate surface area is 269 Å². The summed E-state index contributed by atoms with van der Waals surface area (Å²) in [5.74, 6) is -1.45. The maximum atomic E-state index is 12.9. The summed E-state index contributed by atoms with van der Waals surface area (Å²) in [7, 11) is 5.84. The fourth-order valence-electron chi connectivity index (χ4n) is 3.75. The number of carbonyl (C=O) groups is 5. The summed E-state index contributed by atoms with van der Waals surface area (Å²) < 4.78 is 0. The fraction of sp³-hybridized carbons (Fsp3) is 0.645. The molecule has 7 N–H and O–H groups in total. The molecule has 256 valence electrons. The molecule has 0 saturated heterocycles. The molecule has 12 nitrogen and oxygen atoms in total. The van der Waals surface area contributed by atoms with Crippen LogP contribution in [-0.4, -0.2) is 97.0 Å². The minimum atomic E-state index is -0.754. The third-order valence-corrected chi connectivity index (χ3v) is 6.56. The topological polar surface area (TPSA) is 196 Å². The first-order valence-electron chi connectivity index (χ1n) is 14.7. The van der Waals surface area contributed by atoms with Crippen molar-refractivity contribution in [3.8, 4) is 0 Å². The van der Waals surface area contributed by atoms with E-state index in [4.69, 9.17) is 32.3 Å². The van der Waals surface area contributed by atoms with E-state index >= 15 is 0 Å². The molecule has 0 aliphatic carbocycles. The molecular formula is C31H58ClN5O7. The number of aliphatic hydroxyl groups excluding tert-OH is 1. The number of primary amides is 2. The summed E-state index contributed by atoms with van der Waals surface area (Å²) in [4.78, 5) is 58.7. The molecule has 13 heteroatoms. The number of nitrogens with two attached hydrogens (primary N) is 2. The fourth-order valence-corrected chi connectivity index (χ4v) is 3.88. The van der Waals surface area contributed by atoms with Crippen LogP contribution in [0.25, 0.3) is 0 Å². The summed E-state index contributed by atoms with van der Waals surface area (Å²) in [6.45, 7) is 11.7. The second kappa shape index (κ2) is 29.8. The second-order valence-electron chi connectivity index (χ2n) is 9.71. The number of hydrogen-bond acceptors (Lipinski definition) is 7. The van der Waals surface area contributed by atoms with Gasteiger partial charge in [0, 0.05) is 32.6 Å². The zero-order valence-corrected chi connectivity index (χ0v) is 29.1. The number of carboxylic acid groups (broad SMARTS) is 1. The van der Waals surface area contributed by atoms with Gasteiger partial charge in [-0.25, -0.2) is 0 Å². The number of aliphatic carboxylic acids is 1. The Kier molecular flexibility index (Phi) is 32.3.